The van der Waals surface area contributed by atoms with Gasteiger partial charge in [-0.05, 0) is 37.0 Å². The van der Waals surface area contributed by atoms with Gasteiger partial charge in [-0.1, -0.05) is 62.0 Å². The topological polar surface area (TPSA) is 83.8 Å². The Balaban J connectivity index is 1.46. The molecule has 2 atom stereocenters. The largest absolute Gasteiger partial charge is 0.411 e. The van der Waals surface area contributed by atoms with E-state index in [9.17, 15) is 4.79 Å². The van der Waals surface area contributed by atoms with E-state index in [2.05, 4.69) is 40.4 Å². The third kappa shape index (κ3) is 4.11. The predicted octanol–water partition coefficient (Wildman–Crippen LogP) is 5.85. The van der Waals surface area contributed by atoms with E-state index in [1.54, 1.807) is 0 Å². The van der Waals surface area contributed by atoms with E-state index in [1.807, 2.05) is 55.6 Å². The van der Waals surface area contributed by atoms with Crippen LogP contribution in [0.4, 0.5) is 5.69 Å². The molecule has 0 aliphatic rings. The van der Waals surface area contributed by atoms with Gasteiger partial charge >= 0.3 is 0 Å². The molecular weight excluding hydrogens is 396 g/mol. The fourth-order valence-electron chi connectivity index (χ4n) is 3.31. The van der Waals surface area contributed by atoms with Crippen molar-refractivity contribution in [1.82, 2.24) is 15.2 Å². The van der Waals surface area contributed by atoms with Crippen molar-refractivity contribution in [2.24, 2.45) is 0 Å². The Hall–Kier alpha value is -3.06. The van der Waals surface area contributed by atoms with Crippen LogP contribution in [0.15, 0.2) is 64.4 Å². The first kappa shape index (κ1) is 20.2. The molecule has 0 saturated carbocycles. The van der Waals surface area contributed by atoms with Crippen molar-refractivity contribution in [3.63, 3.8) is 0 Å². The Kier molecular flexibility index (Phi) is 5.90. The Morgan fingerprint density at radius 1 is 1.13 bits per heavy atom. The minimum Gasteiger partial charge on any atom is -0.411 e. The zero-order valence-corrected chi connectivity index (χ0v) is 18.0. The maximum atomic E-state index is 12.8. The van der Waals surface area contributed by atoms with Crippen molar-refractivity contribution in [2.45, 2.75) is 43.6 Å². The number of carbonyl (C=O) groups is 1. The number of hydrogen-bond donors (Lipinski definition) is 2. The molecule has 0 unspecified atom stereocenters. The van der Waals surface area contributed by atoms with Gasteiger partial charge in [0.1, 0.15) is 0 Å². The van der Waals surface area contributed by atoms with E-state index in [0.717, 1.165) is 34.1 Å². The number of benzene rings is 2. The average Bonchev–Trinajstić information content (AvgIpc) is 3.40. The summed E-state index contributed by atoms with van der Waals surface area (Å²) in [6.07, 6.45) is 2.87. The molecule has 4 rings (SSSR count). The highest BCUT2D eigenvalue weighted by atomic mass is 32.2. The summed E-state index contributed by atoms with van der Waals surface area (Å²) >= 11 is 1.25. The molecule has 2 heterocycles. The second-order valence-corrected chi connectivity index (χ2v) is 8.56. The van der Waals surface area contributed by atoms with Crippen molar-refractivity contribution in [3.05, 3.63) is 60.3 Å². The second-order valence-electron chi connectivity index (χ2n) is 7.27. The molecule has 4 aromatic rings. The summed E-state index contributed by atoms with van der Waals surface area (Å²) in [7, 11) is 0. The maximum Gasteiger partial charge on any atom is 0.277 e. The summed E-state index contributed by atoms with van der Waals surface area (Å²) in [6, 6.07) is 15.9. The smallest absolute Gasteiger partial charge is 0.277 e. The van der Waals surface area contributed by atoms with Crippen LogP contribution in [-0.4, -0.2) is 26.3 Å². The first-order valence-corrected chi connectivity index (χ1v) is 10.9. The molecule has 2 N–H and O–H groups in total. The first-order valence-electron chi connectivity index (χ1n) is 10.0. The van der Waals surface area contributed by atoms with Crippen LogP contribution in [0.25, 0.3) is 22.4 Å². The van der Waals surface area contributed by atoms with Gasteiger partial charge in [-0.25, -0.2) is 0 Å². The minimum atomic E-state index is -0.383. The van der Waals surface area contributed by atoms with Crippen LogP contribution in [-0.2, 0) is 4.79 Å². The van der Waals surface area contributed by atoms with E-state index in [0.29, 0.717) is 17.0 Å². The van der Waals surface area contributed by atoms with Gasteiger partial charge in [0.2, 0.25) is 5.91 Å². The number of hydrogen-bond acceptors (Lipinski definition) is 5. The van der Waals surface area contributed by atoms with Crippen molar-refractivity contribution in [1.29, 1.82) is 0 Å². The standard InChI is InChI=1S/C23H24N4O2S/c1-4-14(2)16-9-5-8-12-20(16)25-21(28)15(3)30-23-27-26-22(29-23)18-13-24-19-11-7-6-10-17(18)19/h5-15,24H,4H2,1-3H3,(H,25,28)/t14-,15+/m1/s1. The van der Waals surface area contributed by atoms with Gasteiger partial charge < -0.3 is 14.7 Å². The fraction of sp³-hybridized carbons (Fsp3) is 0.261. The Morgan fingerprint density at radius 2 is 1.90 bits per heavy atom. The lowest BCUT2D eigenvalue weighted by molar-refractivity contribution is -0.115. The van der Waals surface area contributed by atoms with E-state index in [1.165, 1.54) is 11.8 Å². The van der Waals surface area contributed by atoms with Crippen LogP contribution in [0.1, 0.15) is 38.7 Å². The molecule has 0 spiro atoms. The fourth-order valence-corrected chi connectivity index (χ4v) is 4.00. The monoisotopic (exact) mass is 420 g/mol. The summed E-state index contributed by atoms with van der Waals surface area (Å²) in [5, 5.41) is 12.3. The quantitative estimate of drug-likeness (QED) is 0.366. The number of aromatic nitrogens is 3. The first-order chi connectivity index (χ1) is 14.6. The maximum absolute atomic E-state index is 12.8. The van der Waals surface area contributed by atoms with Crippen LogP contribution in [0, 0.1) is 0 Å². The number of rotatable bonds is 7. The second kappa shape index (κ2) is 8.75. The lowest BCUT2D eigenvalue weighted by atomic mass is 9.97. The number of amides is 1. The van der Waals surface area contributed by atoms with Gasteiger partial charge in [-0.2, -0.15) is 0 Å². The van der Waals surface area contributed by atoms with Gasteiger partial charge in [-0.15, -0.1) is 10.2 Å². The molecule has 0 bridgehead atoms. The van der Waals surface area contributed by atoms with Gasteiger partial charge in [0.25, 0.3) is 11.1 Å². The molecule has 2 aromatic carbocycles. The number of H-pyrrole nitrogens is 1. The zero-order valence-electron chi connectivity index (χ0n) is 17.2. The summed E-state index contributed by atoms with van der Waals surface area (Å²) in [5.74, 6) is 0.714. The van der Waals surface area contributed by atoms with Gasteiger partial charge in [0.05, 0.1) is 10.8 Å². The zero-order chi connectivity index (χ0) is 21.1. The van der Waals surface area contributed by atoms with Crippen molar-refractivity contribution in [3.8, 4) is 11.5 Å². The van der Waals surface area contributed by atoms with Crippen molar-refractivity contribution < 1.29 is 9.21 Å². The summed E-state index contributed by atoms with van der Waals surface area (Å²) in [4.78, 5) is 16.0. The molecule has 154 valence electrons. The Morgan fingerprint density at radius 3 is 2.73 bits per heavy atom. The third-order valence-electron chi connectivity index (χ3n) is 5.23. The van der Waals surface area contributed by atoms with Crippen LogP contribution in [0.2, 0.25) is 0 Å². The molecule has 0 aliphatic carbocycles. The molecule has 0 aliphatic heterocycles. The Labute approximate surface area is 179 Å². The normalized spacial score (nSPS) is 13.3. The summed E-state index contributed by atoms with van der Waals surface area (Å²) in [5.41, 5.74) is 3.86. The molecule has 0 fully saturated rings. The molecule has 2 aromatic heterocycles. The number of anilines is 1. The molecule has 6 nitrogen and oxygen atoms in total. The average molecular weight is 421 g/mol. The highest BCUT2D eigenvalue weighted by molar-refractivity contribution is 8.00. The molecule has 7 heteroatoms. The number of para-hydroxylation sites is 2. The van der Waals surface area contributed by atoms with Crippen LogP contribution in [0.5, 0.6) is 0 Å². The van der Waals surface area contributed by atoms with Gasteiger partial charge in [0, 0.05) is 22.8 Å². The van der Waals surface area contributed by atoms with Crippen LogP contribution >= 0.6 is 11.8 Å². The van der Waals surface area contributed by atoms with E-state index >= 15 is 0 Å². The van der Waals surface area contributed by atoms with Gasteiger partial charge in [-0.3, -0.25) is 4.79 Å². The van der Waals surface area contributed by atoms with Crippen LogP contribution < -0.4 is 5.32 Å². The number of aromatic amines is 1. The van der Waals surface area contributed by atoms with Gasteiger partial charge in [0.15, 0.2) is 0 Å². The SMILES string of the molecule is CC[C@@H](C)c1ccccc1NC(=O)[C@H](C)Sc1nnc(-c2c[nH]c3ccccc23)o1. The van der Waals surface area contributed by atoms with E-state index in [-0.39, 0.29) is 11.2 Å². The van der Waals surface area contributed by atoms with Crippen molar-refractivity contribution in [2.75, 3.05) is 5.32 Å². The number of fused-ring (bicyclic) bond motifs is 1. The Bertz CT molecular complexity index is 1170. The predicted molar refractivity (Wildman–Crippen MR) is 121 cm³/mol. The van der Waals surface area contributed by atoms with E-state index < -0.39 is 0 Å². The number of nitrogens with zero attached hydrogens (tertiary/aromatic N) is 2. The van der Waals surface area contributed by atoms with Crippen LogP contribution in [0.3, 0.4) is 0 Å². The molecule has 1 amide bonds. The minimum absolute atomic E-state index is 0.0948. The summed E-state index contributed by atoms with van der Waals surface area (Å²) in [6.45, 7) is 6.14. The molecule has 0 radical (unpaired) electrons. The lowest BCUT2D eigenvalue weighted by Crippen LogP contribution is -2.23. The number of thioether (sulfide) groups is 1. The van der Waals surface area contributed by atoms with E-state index in [4.69, 9.17) is 4.42 Å². The molecule has 0 saturated heterocycles. The molecular formula is C23H24N4O2S. The number of nitrogens with one attached hydrogen (secondary N) is 2. The van der Waals surface area contributed by atoms with Crippen molar-refractivity contribution >= 4 is 34.3 Å². The third-order valence-corrected chi connectivity index (χ3v) is 6.17. The highest BCUT2D eigenvalue weighted by Crippen LogP contribution is 2.32. The highest BCUT2D eigenvalue weighted by Gasteiger charge is 2.21. The lowest BCUT2D eigenvalue weighted by Gasteiger charge is -2.17. The molecule has 30 heavy (non-hydrogen) atoms. The number of carbonyl (C=O) groups excluding carboxylic acids is 1. The summed E-state index contributed by atoms with van der Waals surface area (Å²) < 4.78 is 5.83.